The van der Waals surface area contributed by atoms with Crippen molar-refractivity contribution in [3.8, 4) is 5.88 Å². The molecule has 1 N–H and O–H groups in total. The first-order valence-corrected chi connectivity index (χ1v) is 7.34. The van der Waals surface area contributed by atoms with Crippen molar-refractivity contribution in [3.63, 3.8) is 0 Å². The molecule has 2 heterocycles. The van der Waals surface area contributed by atoms with E-state index in [9.17, 15) is 23.1 Å². The van der Waals surface area contributed by atoms with Crippen LogP contribution in [-0.2, 0) is 10.9 Å². The van der Waals surface area contributed by atoms with Crippen molar-refractivity contribution in [1.29, 1.82) is 0 Å². The van der Waals surface area contributed by atoms with Crippen LogP contribution in [0.4, 0.5) is 23.9 Å². The van der Waals surface area contributed by atoms with E-state index in [1.165, 1.54) is 9.80 Å². The topological polar surface area (TPSA) is 78.8 Å². The maximum atomic E-state index is 12.8. The van der Waals surface area contributed by atoms with Crippen LogP contribution in [0.3, 0.4) is 0 Å². The molecular formula is C14H19F3N4O3. The number of alkyl halides is 3. The smallest absolute Gasteiger partial charge is 0.433 e. The number of aromatic hydroxyl groups is 1. The van der Waals surface area contributed by atoms with Crippen molar-refractivity contribution in [3.05, 3.63) is 11.8 Å². The molecule has 24 heavy (non-hydrogen) atoms. The molecule has 1 aliphatic rings. The average Bonchev–Trinajstić information content (AvgIpc) is 2.44. The second-order valence-corrected chi connectivity index (χ2v) is 6.36. The second-order valence-electron chi connectivity index (χ2n) is 6.36. The van der Waals surface area contributed by atoms with Crippen LogP contribution in [0.15, 0.2) is 6.07 Å². The Labute approximate surface area is 137 Å². The molecular weight excluding hydrogens is 329 g/mol. The van der Waals surface area contributed by atoms with E-state index in [4.69, 9.17) is 4.74 Å². The Hall–Kier alpha value is -2.26. The third-order valence-corrected chi connectivity index (χ3v) is 3.21. The number of ether oxygens (including phenoxy) is 1. The Morgan fingerprint density at radius 2 is 1.75 bits per heavy atom. The summed E-state index contributed by atoms with van der Waals surface area (Å²) >= 11 is 0. The van der Waals surface area contributed by atoms with Crippen molar-refractivity contribution < 1.29 is 27.8 Å². The Morgan fingerprint density at radius 1 is 1.17 bits per heavy atom. The standard InChI is InChI=1S/C14H19F3N4O3/c1-13(2,3)24-12(23)21-6-4-20(5-7-21)11-18-9(14(15,16)17)8-10(22)19-11/h8H,4-7H2,1-3H3,(H,18,19,22). The van der Waals surface area contributed by atoms with E-state index in [2.05, 4.69) is 9.97 Å². The molecule has 1 aliphatic heterocycles. The SMILES string of the molecule is CC(C)(C)OC(=O)N1CCN(c2nc(O)cc(C(F)(F)F)n2)CC1. The summed E-state index contributed by atoms with van der Waals surface area (Å²) < 4.78 is 43.5. The van der Waals surface area contributed by atoms with Crippen LogP contribution >= 0.6 is 0 Å². The number of carbonyl (C=O) groups is 1. The molecule has 0 aromatic carbocycles. The molecule has 1 fully saturated rings. The number of halogens is 3. The van der Waals surface area contributed by atoms with E-state index in [-0.39, 0.29) is 32.1 Å². The molecule has 2 rings (SSSR count). The summed E-state index contributed by atoms with van der Waals surface area (Å²) in [6, 6.07) is 0.473. The molecule has 1 aromatic rings. The summed E-state index contributed by atoms with van der Waals surface area (Å²) in [6.45, 7) is 6.24. The first-order chi connectivity index (χ1) is 11.0. The van der Waals surface area contributed by atoms with Gasteiger partial charge in [0.05, 0.1) is 0 Å². The minimum atomic E-state index is -4.67. The highest BCUT2D eigenvalue weighted by atomic mass is 19.4. The zero-order valence-electron chi connectivity index (χ0n) is 13.6. The molecule has 134 valence electrons. The van der Waals surface area contributed by atoms with Gasteiger partial charge in [0.1, 0.15) is 5.60 Å². The van der Waals surface area contributed by atoms with Crippen LogP contribution in [0, 0.1) is 0 Å². The highest BCUT2D eigenvalue weighted by Crippen LogP contribution is 2.30. The molecule has 0 aliphatic carbocycles. The molecule has 0 unspecified atom stereocenters. The van der Waals surface area contributed by atoms with E-state index in [1.807, 2.05) is 0 Å². The monoisotopic (exact) mass is 348 g/mol. The normalized spacial score (nSPS) is 16.2. The Morgan fingerprint density at radius 3 is 2.25 bits per heavy atom. The van der Waals surface area contributed by atoms with Gasteiger partial charge in [-0.1, -0.05) is 0 Å². The van der Waals surface area contributed by atoms with Crippen molar-refractivity contribution in [2.75, 3.05) is 31.1 Å². The number of amides is 1. The third-order valence-electron chi connectivity index (χ3n) is 3.21. The first kappa shape index (κ1) is 18.1. The average molecular weight is 348 g/mol. The Kier molecular flexibility index (Phi) is 4.77. The highest BCUT2D eigenvalue weighted by Gasteiger charge is 2.35. The van der Waals surface area contributed by atoms with Gasteiger partial charge in [0.15, 0.2) is 5.69 Å². The van der Waals surface area contributed by atoms with Crippen LogP contribution in [0.5, 0.6) is 5.88 Å². The second kappa shape index (κ2) is 6.33. The number of aromatic nitrogens is 2. The van der Waals surface area contributed by atoms with Crippen molar-refractivity contribution >= 4 is 12.0 Å². The lowest BCUT2D eigenvalue weighted by Gasteiger charge is -2.35. The van der Waals surface area contributed by atoms with Crippen molar-refractivity contribution in [2.24, 2.45) is 0 Å². The first-order valence-electron chi connectivity index (χ1n) is 7.34. The minimum Gasteiger partial charge on any atom is -0.493 e. The van der Waals surface area contributed by atoms with Crippen molar-refractivity contribution in [2.45, 2.75) is 32.5 Å². The molecule has 0 radical (unpaired) electrons. The largest absolute Gasteiger partial charge is 0.493 e. The van der Waals surface area contributed by atoms with Gasteiger partial charge in [0.25, 0.3) is 0 Å². The van der Waals surface area contributed by atoms with Gasteiger partial charge in [-0.2, -0.15) is 18.2 Å². The highest BCUT2D eigenvalue weighted by molar-refractivity contribution is 5.68. The summed E-state index contributed by atoms with van der Waals surface area (Å²) in [4.78, 5) is 22.0. The lowest BCUT2D eigenvalue weighted by molar-refractivity contribution is -0.141. The summed E-state index contributed by atoms with van der Waals surface area (Å²) in [5, 5.41) is 9.39. The van der Waals surface area contributed by atoms with Crippen molar-refractivity contribution in [1.82, 2.24) is 14.9 Å². The summed E-state index contributed by atoms with van der Waals surface area (Å²) in [7, 11) is 0. The lowest BCUT2D eigenvalue weighted by Crippen LogP contribution is -2.50. The predicted molar refractivity (Wildman–Crippen MR) is 78.7 cm³/mol. The number of piperazine rings is 1. The van der Waals surface area contributed by atoms with Crippen LogP contribution in [0.2, 0.25) is 0 Å². The molecule has 0 bridgehead atoms. The van der Waals surface area contributed by atoms with Crippen LogP contribution in [0.1, 0.15) is 26.5 Å². The van der Waals surface area contributed by atoms with Gasteiger partial charge >= 0.3 is 12.3 Å². The van der Waals surface area contributed by atoms with Gasteiger partial charge in [0.2, 0.25) is 11.8 Å². The van der Waals surface area contributed by atoms with Gasteiger partial charge in [0, 0.05) is 32.2 Å². The third kappa shape index (κ3) is 4.62. The zero-order valence-corrected chi connectivity index (χ0v) is 13.6. The fourth-order valence-electron chi connectivity index (χ4n) is 2.12. The number of hydrogen-bond acceptors (Lipinski definition) is 6. The maximum Gasteiger partial charge on any atom is 0.433 e. The summed E-state index contributed by atoms with van der Waals surface area (Å²) in [5.74, 6) is -0.965. The molecule has 0 atom stereocenters. The molecule has 7 nitrogen and oxygen atoms in total. The molecule has 1 aromatic heterocycles. The van der Waals surface area contributed by atoms with Gasteiger partial charge in [-0.3, -0.25) is 0 Å². The molecule has 1 amide bonds. The summed E-state index contributed by atoms with van der Waals surface area (Å²) in [5.41, 5.74) is -1.83. The van der Waals surface area contributed by atoms with E-state index < -0.39 is 29.4 Å². The predicted octanol–water partition coefficient (Wildman–Crippen LogP) is 2.26. The summed E-state index contributed by atoms with van der Waals surface area (Å²) in [6.07, 6.45) is -5.15. The Bertz CT molecular complexity index is 608. The molecule has 0 spiro atoms. The van der Waals surface area contributed by atoms with Crippen LogP contribution in [-0.4, -0.2) is 57.8 Å². The van der Waals surface area contributed by atoms with Crippen LogP contribution in [0.25, 0.3) is 0 Å². The van der Waals surface area contributed by atoms with Gasteiger partial charge in [-0.25, -0.2) is 9.78 Å². The molecule has 0 saturated carbocycles. The molecule has 10 heteroatoms. The van der Waals surface area contributed by atoms with E-state index in [1.54, 1.807) is 20.8 Å². The van der Waals surface area contributed by atoms with Gasteiger partial charge < -0.3 is 19.6 Å². The number of rotatable bonds is 1. The van der Waals surface area contributed by atoms with Gasteiger partial charge in [-0.15, -0.1) is 0 Å². The number of nitrogens with zero attached hydrogens (tertiary/aromatic N) is 4. The number of anilines is 1. The van der Waals surface area contributed by atoms with Gasteiger partial charge in [-0.05, 0) is 20.8 Å². The zero-order chi connectivity index (χ0) is 18.1. The number of carbonyl (C=O) groups excluding carboxylic acids is 1. The van der Waals surface area contributed by atoms with Crippen LogP contribution < -0.4 is 4.90 Å². The number of hydrogen-bond donors (Lipinski definition) is 1. The fraction of sp³-hybridized carbons (Fsp3) is 0.643. The lowest BCUT2D eigenvalue weighted by atomic mass is 10.2. The maximum absolute atomic E-state index is 12.8. The Balaban J connectivity index is 2.05. The van der Waals surface area contributed by atoms with E-state index >= 15 is 0 Å². The minimum absolute atomic E-state index is 0.217. The fourth-order valence-corrected chi connectivity index (χ4v) is 2.12. The quantitative estimate of drug-likeness (QED) is 0.839. The molecule has 1 saturated heterocycles. The van der Waals surface area contributed by atoms with E-state index in [0.717, 1.165) is 0 Å². The van der Waals surface area contributed by atoms with E-state index in [0.29, 0.717) is 6.07 Å².